The maximum atomic E-state index is 12.7. The molecule has 0 fully saturated rings. The van der Waals surface area contributed by atoms with E-state index in [2.05, 4.69) is 31.1 Å². The summed E-state index contributed by atoms with van der Waals surface area (Å²) < 4.78 is 0. The molecule has 10 nitrogen and oxygen atoms in total. The van der Waals surface area contributed by atoms with Crippen molar-refractivity contribution in [3.63, 3.8) is 0 Å². The SMILES string of the molecule is O=C(NNc1ncnc(Nc2ccncc2)c1[N+](=O)[O-])c1cccc2ccccc12. The van der Waals surface area contributed by atoms with Crippen LogP contribution in [0.15, 0.2) is 73.3 Å². The summed E-state index contributed by atoms with van der Waals surface area (Å²) in [5.41, 5.74) is 5.59. The summed E-state index contributed by atoms with van der Waals surface area (Å²) in [7, 11) is 0. The van der Waals surface area contributed by atoms with E-state index in [1.807, 2.05) is 30.3 Å². The maximum absolute atomic E-state index is 12.7. The smallest absolute Gasteiger partial charge is 0.334 e. The molecule has 3 N–H and O–H groups in total. The largest absolute Gasteiger partial charge is 0.355 e. The van der Waals surface area contributed by atoms with Gasteiger partial charge >= 0.3 is 5.69 Å². The number of nitrogens with zero attached hydrogens (tertiary/aromatic N) is 4. The number of carbonyl (C=O) groups is 1. The number of benzene rings is 2. The third kappa shape index (κ3) is 3.83. The first-order valence-corrected chi connectivity index (χ1v) is 8.84. The summed E-state index contributed by atoms with van der Waals surface area (Å²) in [6, 6.07) is 16.0. The van der Waals surface area contributed by atoms with Crippen molar-refractivity contribution in [1.29, 1.82) is 0 Å². The molecule has 148 valence electrons. The van der Waals surface area contributed by atoms with Gasteiger partial charge in [-0.15, -0.1) is 0 Å². The number of hydrogen-bond donors (Lipinski definition) is 3. The minimum atomic E-state index is -0.629. The number of hydrogen-bond acceptors (Lipinski definition) is 8. The Kier molecular flexibility index (Phi) is 5.12. The van der Waals surface area contributed by atoms with Gasteiger partial charge in [0, 0.05) is 23.6 Å². The minimum Gasteiger partial charge on any atom is -0.334 e. The molecule has 0 aliphatic heterocycles. The maximum Gasteiger partial charge on any atom is 0.355 e. The van der Waals surface area contributed by atoms with Gasteiger partial charge in [-0.25, -0.2) is 9.97 Å². The number of anilines is 3. The predicted octanol–water partition coefficient (Wildman–Crippen LogP) is 3.43. The summed E-state index contributed by atoms with van der Waals surface area (Å²) in [5, 5.41) is 16.2. The lowest BCUT2D eigenvalue weighted by molar-refractivity contribution is -0.383. The van der Waals surface area contributed by atoms with Crippen LogP contribution in [0.2, 0.25) is 0 Å². The zero-order valence-electron chi connectivity index (χ0n) is 15.4. The Bertz CT molecular complexity index is 1230. The van der Waals surface area contributed by atoms with Crippen molar-refractivity contribution in [2.45, 2.75) is 0 Å². The fraction of sp³-hybridized carbons (Fsp3) is 0. The van der Waals surface area contributed by atoms with E-state index in [9.17, 15) is 14.9 Å². The van der Waals surface area contributed by atoms with Crippen LogP contribution in [0.4, 0.5) is 23.0 Å². The summed E-state index contributed by atoms with van der Waals surface area (Å²) >= 11 is 0. The van der Waals surface area contributed by atoms with E-state index < -0.39 is 16.5 Å². The number of amides is 1. The lowest BCUT2D eigenvalue weighted by Gasteiger charge is -2.11. The van der Waals surface area contributed by atoms with Crippen LogP contribution in [0.5, 0.6) is 0 Å². The Morgan fingerprint density at radius 3 is 2.47 bits per heavy atom. The molecule has 0 unspecified atom stereocenters. The monoisotopic (exact) mass is 401 g/mol. The van der Waals surface area contributed by atoms with Gasteiger partial charge in [0.15, 0.2) is 0 Å². The molecule has 2 aromatic carbocycles. The van der Waals surface area contributed by atoms with Gasteiger partial charge in [-0.05, 0) is 29.0 Å². The second-order valence-electron chi connectivity index (χ2n) is 6.14. The summed E-state index contributed by atoms with van der Waals surface area (Å²) in [6.07, 6.45) is 4.24. The molecule has 4 aromatic rings. The quantitative estimate of drug-likeness (QED) is 0.330. The van der Waals surface area contributed by atoms with Gasteiger partial charge in [-0.3, -0.25) is 30.7 Å². The molecule has 0 radical (unpaired) electrons. The Balaban J connectivity index is 1.59. The Labute approximate surface area is 170 Å². The zero-order valence-corrected chi connectivity index (χ0v) is 15.4. The second-order valence-corrected chi connectivity index (χ2v) is 6.14. The number of hydrazine groups is 1. The Morgan fingerprint density at radius 2 is 1.67 bits per heavy atom. The summed E-state index contributed by atoms with van der Waals surface area (Å²) in [6.45, 7) is 0. The molecule has 2 aromatic heterocycles. The van der Waals surface area contributed by atoms with E-state index in [-0.39, 0.29) is 11.6 Å². The summed E-state index contributed by atoms with van der Waals surface area (Å²) in [5.74, 6) is -0.633. The van der Waals surface area contributed by atoms with Crippen molar-refractivity contribution in [2.24, 2.45) is 0 Å². The molecule has 0 aliphatic rings. The second kappa shape index (κ2) is 8.19. The van der Waals surface area contributed by atoms with Crippen LogP contribution in [-0.4, -0.2) is 25.8 Å². The lowest BCUT2D eigenvalue weighted by atomic mass is 10.0. The normalized spacial score (nSPS) is 10.4. The Morgan fingerprint density at radius 1 is 0.933 bits per heavy atom. The molecule has 10 heteroatoms. The highest BCUT2D eigenvalue weighted by Gasteiger charge is 2.24. The molecular weight excluding hydrogens is 386 g/mol. The average Bonchev–Trinajstić information content (AvgIpc) is 2.77. The molecule has 0 spiro atoms. The van der Waals surface area contributed by atoms with Crippen molar-refractivity contribution in [2.75, 3.05) is 10.7 Å². The van der Waals surface area contributed by atoms with Crippen molar-refractivity contribution < 1.29 is 9.72 Å². The zero-order chi connectivity index (χ0) is 20.9. The number of fused-ring (bicyclic) bond motifs is 1. The number of rotatable bonds is 6. The van der Waals surface area contributed by atoms with Crippen LogP contribution < -0.4 is 16.2 Å². The van der Waals surface area contributed by atoms with E-state index in [0.29, 0.717) is 11.3 Å². The van der Waals surface area contributed by atoms with E-state index in [4.69, 9.17) is 0 Å². The van der Waals surface area contributed by atoms with Crippen molar-refractivity contribution in [3.05, 3.63) is 89.0 Å². The first-order valence-electron chi connectivity index (χ1n) is 8.84. The average molecular weight is 401 g/mol. The number of nitrogens with one attached hydrogen (secondary N) is 3. The molecule has 0 bridgehead atoms. The minimum absolute atomic E-state index is 0.0249. The van der Waals surface area contributed by atoms with Crippen molar-refractivity contribution >= 4 is 39.7 Å². The van der Waals surface area contributed by atoms with Crippen molar-refractivity contribution in [1.82, 2.24) is 20.4 Å². The van der Waals surface area contributed by atoms with Gasteiger partial charge in [0.25, 0.3) is 5.91 Å². The molecule has 0 aliphatic carbocycles. The van der Waals surface area contributed by atoms with Gasteiger partial charge in [-0.1, -0.05) is 36.4 Å². The fourth-order valence-electron chi connectivity index (χ4n) is 2.91. The number of nitro groups is 1. The summed E-state index contributed by atoms with van der Waals surface area (Å²) in [4.78, 5) is 35.4. The number of aromatic nitrogens is 3. The van der Waals surface area contributed by atoms with Gasteiger partial charge < -0.3 is 5.32 Å². The number of pyridine rings is 1. The molecule has 4 rings (SSSR count). The molecule has 1 amide bonds. The molecule has 2 heterocycles. The fourth-order valence-corrected chi connectivity index (χ4v) is 2.91. The topological polar surface area (TPSA) is 135 Å². The highest BCUT2D eigenvalue weighted by Crippen LogP contribution is 2.30. The third-order valence-electron chi connectivity index (χ3n) is 4.28. The first kappa shape index (κ1) is 18.7. The molecular formula is C20H15N7O3. The highest BCUT2D eigenvalue weighted by atomic mass is 16.6. The molecule has 0 saturated carbocycles. The van der Waals surface area contributed by atoms with E-state index in [0.717, 1.165) is 17.1 Å². The van der Waals surface area contributed by atoms with E-state index >= 15 is 0 Å². The highest BCUT2D eigenvalue weighted by molar-refractivity contribution is 6.07. The van der Waals surface area contributed by atoms with Crippen LogP contribution in [-0.2, 0) is 0 Å². The number of carbonyl (C=O) groups excluding carboxylic acids is 1. The van der Waals surface area contributed by atoms with Crippen LogP contribution in [0.25, 0.3) is 10.8 Å². The van der Waals surface area contributed by atoms with Gasteiger partial charge in [0.05, 0.1) is 4.92 Å². The standard InChI is InChI=1S/C20H15N7O3/c28-20(16-7-3-5-13-4-1-2-6-15(13)16)26-25-19-17(27(29)30)18(22-12-23-19)24-14-8-10-21-11-9-14/h1-12H,(H,26,28)(H2,21,22,23,24,25). The third-order valence-corrected chi connectivity index (χ3v) is 4.28. The van der Waals surface area contributed by atoms with Crippen molar-refractivity contribution in [3.8, 4) is 0 Å². The predicted molar refractivity (Wildman–Crippen MR) is 111 cm³/mol. The van der Waals surface area contributed by atoms with Gasteiger partial charge in [0.2, 0.25) is 11.6 Å². The first-order chi connectivity index (χ1) is 14.6. The molecule has 30 heavy (non-hydrogen) atoms. The van der Waals surface area contributed by atoms with Crippen LogP contribution in [0.1, 0.15) is 10.4 Å². The van der Waals surface area contributed by atoms with Crippen LogP contribution >= 0.6 is 0 Å². The van der Waals surface area contributed by atoms with Crippen LogP contribution in [0, 0.1) is 10.1 Å². The van der Waals surface area contributed by atoms with Gasteiger partial charge in [-0.2, -0.15) is 0 Å². The molecule has 0 atom stereocenters. The van der Waals surface area contributed by atoms with Gasteiger partial charge in [0.1, 0.15) is 6.33 Å². The van der Waals surface area contributed by atoms with Crippen LogP contribution in [0.3, 0.4) is 0 Å². The van der Waals surface area contributed by atoms with E-state index in [1.54, 1.807) is 36.7 Å². The Hall–Kier alpha value is -4.60. The lowest BCUT2D eigenvalue weighted by Crippen LogP contribution is -2.30. The molecule has 0 saturated heterocycles. The van der Waals surface area contributed by atoms with E-state index in [1.165, 1.54) is 0 Å².